The van der Waals surface area contributed by atoms with Gasteiger partial charge >= 0.3 is 0 Å². The summed E-state index contributed by atoms with van der Waals surface area (Å²) in [7, 11) is 2.77. The average molecular weight is 284 g/mol. The minimum absolute atomic E-state index is 0.00652. The van der Waals surface area contributed by atoms with Gasteiger partial charge in [-0.25, -0.2) is 0 Å². The Morgan fingerprint density at radius 3 is 2.48 bits per heavy atom. The van der Waals surface area contributed by atoms with E-state index in [0.717, 1.165) is 0 Å². The van der Waals surface area contributed by atoms with Gasteiger partial charge in [0, 0.05) is 17.2 Å². The van der Waals surface area contributed by atoms with E-state index in [9.17, 15) is 14.7 Å². The van der Waals surface area contributed by atoms with Gasteiger partial charge in [0.05, 0.1) is 14.2 Å². The minimum Gasteiger partial charge on any atom is -0.504 e. The molecule has 3 rings (SSSR count). The third-order valence-electron chi connectivity index (χ3n) is 3.52. The summed E-state index contributed by atoms with van der Waals surface area (Å²) >= 11 is 0. The number of phenols is 1. The molecule has 0 atom stereocenters. The monoisotopic (exact) mass is 284 g/mol. The Bertz CT molecular complexity index is 817. The highest BCUT2D eigenvalue weighted by Crippen LogP contribution is 2.36. The summed E-state index contributed by atoms with van der Waals surface area (Å²) in [6.07, 6.45) is 1.19. The zero-order valence-corrected chi connectivity index (χ0v) is 11.5. The summed E-state index contributed by atoms with van der Waals surface area (Å²) in [4.78, 5) is 24.5. The first kappa shape index (κ1) is 13.2. The number of rotatable bonds is 2. The van der Waals surface area contributed by atoms with Crippen molar-refractivity contribution >= 4 is 22.3 Å². The number of ether oxygens (including phenoxy) is 2. The SMILES string of the molecule is COC1=CC(=O)c2ccc3cc(O)c(OC)cc3c2C1=O. The van der Waals surface area contributed by atoms with Crippen LogP contribution in [0.15, 0.2) is 36.1 Å². The predicted molar refractivity (Wildman–Crippen MR) is 75.9 cm³/mol. The molecule has 1 aliphatic carbocycles. The van der Waals surface area contributed by atoms with Crippen LogP contribution in [0.25, 0.3) is 10.8 Å². The second-order valence-electron chi connectivity index (χ2n) is 4.64. The fourth-order valence-electron chi connectivity index (χ4n) is 2.49. The summed E-state index contributed by atoms with van der Waals surface area (Å²) < 4.78 is 10.0. The molecule has 21 heavy (non-hydrogen) atoms. The fraction of sp³-hybridized carbons (Fsp3) is 0.125. The molecule has 0 radical (unpaired) electrons. The van der Waals surface area contributed by atoms with Gasteiger partial charge in [-0.15, -0.1) is 0 Å². The van der Waals surface area contributed by atoms with Crippen LogP contribution in [-0.4, -0.2) is 30.9 Å². The van der Waals surface area contributed by atoms with Crippen molar-refractivity contribution in [2.75, 3.05) is 14.2 Å². The molecule has 2 aromatic carbocycles. The van der Waals surface area contributed by atoms with Crippen LogP contribution in [0.1, 0.15) is 20.7 Å². The Morgan fingerprint density at radius 1 is 1.05 bits per heavy atom. The van der Waals surface area contributed by atoms with E-state index in [-0.39, 0.29) is 34.4 Å². The Hall–Kier alpha value is -2.82. The van der Waals surface area contributed by atoms with E-state index >= 15 is 0 Å². The molecule has 0 saturated carbocycles. The molecule has 0 bridgehead atoms. The Labute approximate surface area is 120 Å². The van der Waals surface area contributed by atoms with Gasteiger partial charge in [0.25, 0.3) is 0 Å². The van der Waals surface area contributed by atoms with E-state index < -0.39 is 0 Å². The van der Waals surface area contributed by atoms with E-state index in [1.54, 1.807) is 18.2 Å². The molecular weight excluding hydrogens is 272 g/mol. The number of benzene rings is 2. The molecule has 1 N–H and O–H groups in total. The fourth-order valence-corrected chi connectivity index (χ4v) is 2.49. The molecule has 0 saturated heterocycles. The van der Waals surface area contributed by atoms with Gasteiger partial charge in [0.2, 0.25) is 5.78 Å². The minimum atomic E-state index is -0.356. The van der Waals surface area contributed by atoms with Gasteiger partial charge in [-0.3, -0.25) is 9.59 Å². The second kappa shape index (κ2) is 4.63. The zero-order chi connectivity index (χ0) is 15.1. The van der Waals surface area contributed by atoms with Crippen LogP contribution < -0.4 is 4.74 Å². The van der Waals surface area contributed by atoms with Crippen molar-refractivity contribution in [3.8, 4) is 11.5 Å². The number of aromatic hydroxyl groups is 1. The maximum atomic E-state index is 12.4. The van der Waals surface area contributed by atoms with Gasteiger partial charge in [-0.2, -0.15) is 0 Å². The van der Waals surface area contributed by atoms with Crippen LogP contribution in [0.3, 0.4) is 0 Å². The summed E-state index contributed by atoms with van der Waals surface area (Å²) in [5.74, 6) is -0.417. The summed E-state index contributed by atoms with van der Waals surface area (Å²) in [6, 6.07) is 6.31. The smallest absolute Gasteiger partial charge is 0.229 e. The Balaban J connectivity index is 2.38. The van der Waals surface area contributed by atoms with Crippen molar-refractivity contribution in [1.29, 1.82) is 0 Å². The highest BCUT2D eigenvalue weighted by atomic mass is 16.5. The first-order chi connectivity index (χ1) is 10.1. The van der Waals surface area contributed by atoms with Gasteiger partial charge in [0.15, 0.2) is 23.0 Å². The van der Waals surface area contributed by atoms with Crippen LogP contribution in [0.5, 0.6) is 11.5 Å². The lowest BCUT2D eigenvalue weighted by Crippen LogP contribution is -2.18. The first-order valence-electron chi connectivity index (χ1n) is 6.25. The third-order valence-corrected chi connectivity index (χ3v) is 3.52. The van der Waals surface area contributed by atoms with Crippen LogP contribution in [0, 0.1) is 0 Å². The standard InChI is InChI=1S/C16H12O5/c1-20-13-6-10-8(5-12(13)18)3-4-9-11(17)7-14(21-2)16(19)15(9)10/h3-7,18H,1-2H3. The van der Waals surface area contributed by atoms with Crippen molar-refractivity contribution in [2.45, 2.75) is 0 Å². The van der Waals surface area contributed by atoms with Crippen LogP contribution in [0.2, 0.25) is 0 Å². The molecule has 5 heteroatoms. The first-order valence-corrected chi connectivity index (χ1v) is 6.25. The lowest BCUT2D eigenvalue weighted by atomic mass is 9.89. The van der Waals surface area contributed by atoms with E-state index in [1.807, 2.05) is 0 Å². The number of ketones is 2. The highest BCUT2D eigenvalue weighted by molar-refractivity contribution is 6.28. The van der Waals surface area contributed by atoms with Crippen LogP contribution in [0.4, 0.5) is 0 Å². The summed E-state index contributed by atoms with van der Waals surface area (Å²) in [5, 5.41) is 11.0. The number of carbonyl (C=O) groups is 2. The number of phenolic OH excluding ortho intramolecular Hbond substituents is 1. The predicted octanol–water partition coefficient (Wildman–Crippen LogP) is 2.46. The molecule has 0 fully saturated rings. The molecule has 0 unspecified atom stereocenters. The molecule has 0 amide bonds. The van der Waals surface area contributed by atoms with E-state index in [0.29, 0.717) is 16.3 Å². The molecule has 0 aliphatic heterocycles. The molecule has 0 heterocycles. The zero-order valence-electron chi connectivity index (χ0n) is 11.5. The number of Topliss-reactive ketones (excluding diaryl/α,β-unsaturated/α-hetero) is 1. The lowest BCUT2D eigenvalue weighted by molar-refractivity contribution is 0.0918. The Kier molecular flexibility index (Phi) is 2.90. The van der Waals surface area contributed by atoms with E-state index in [4.69, 9.17) is 9.47 Å². The van der Waals surface area contributed by atoms with Gasteiger partial charge < -0.3 is 14.6 Å². The van der Waals surface area contributed by atoms with Crippen molar-refractivity contribution < 1.29 is 24.2 Å². The number of fused-ring (bicyclic) bond motifs is 3. The maximum Gasteiger partial charge on any atom is 0.229 e. The second-order valence-corrected chi connectivity index (χ2v) is 4.64. The third kappa shape index (κ3) is 1.86. The van der Waals surface area contributed by atoms with Crippen LogP contribution >= 0.6 is 0 Å². The molecule has 0 spiro atoms. The molecule has 0 aromatic heterocycles. The van der Waals surface area contributed by atoms with E-state index in [2.05, 4.69) is 0 Å². The van der Waals surface area contributed by atoms with Gasteiger partial charge in [-0.1, -0.05) is 6.07 Å². The topological polar surface area (TPSA) is 72.8 Å². The van der Waals surface area contributed by atoms with E-state index in [1.165, 1.54) is 26.4 Å². The molecular formula is C16H12O5. The largest absolute Gasteiger partial charge is 0.504 e. The van der Waals surface area contributed by atoms with Gasteiger partial charge in [0.1, 0.15) is 0 Å². The molecule has 1 aliphatic rings. The molecule has 106 valence electrons. The number of allylic oxidation sites excluding steroid dienone is 2. The molecule has 5 nitrogen and oxygen atoms in total. The van der Waals surface area contributed by atoms with Gasteiger partial charge in [-0.05, 0) is 29.0 Å². The summed E-state index contributed by atoms with van der Waals surface area (Å²) in [5.41, 5.74) is 0.594. The average Bonchev–Trinajstić information content (AvgIpc) is 2.49. The Morgan fingerprint density at radius 2 is 1.81 bits per heavy atom. The van der Waals surface area contributed by atoms with Crippen molar-refractivity contribution in [3.05, 3.63) is 47.2 Å². The normalized spacial score (nSPS) is 13.9. The highest BCUT2D eigenvalue weighted by Gasteiger charge is 2.28. The number of methoxy groups -OCH3 is 2. The summed E-state index contributed by atoms with van der Waals surface area (Å²) in [6.45, 7) is 0. The van der Waals surface area contributed by atoms with Crippen LogP contribution in [-0.2, 0) is 4.74 Å². The molecule has 2 aromatic rings. The number of hydrogen-bond donors (Lipinski definition) is 1. The lowest BCUT2D eigenvalue weighted by Gasteiger charge is -2.17. The van der Waals surface area contributed by atoms with Crippen molar-refractivity contribution in [2.24, 2.45) is 0 Å². The van der Waals surface area contributed by atoms with Crippen molar-refractivity contribution in [1.82, 2.24) is 0 Å². The number of hydrogen-bond acceptors (Lipinski definition) is 5. The quantitative estimate of drug-likeness (QED) is 0.917. The maximum absolute atomic E-state index is 12.4. The van der Waals surface area contributed by atoms with Crippen molar-refractivity contribution in [3.63, 3.8) is 0 Å². The number of carbonyl (C=O) groups excluding carboxylic acids is 2.